The van der Waals surface area contributed by atoms with Gasteiger partial charge in [0.05, 0.1) is 0 Å². The second-order valence-corrected chi connectivity index (χ2v) is 2.82. The van der Waals surface area contributed by atoms with Crippen molar-refractivity contribution in [1.29, 1.82) is 0 Å². The first kappa shape index (κ1) is 6.79. The number of nitrogens with zero attached hydrogens (tertiary/aromatic N) is 1. The van der Waals surface area contributed by atoms with Crippen LogP contribution < -0.4 is 0 Å². The molecule has 2 unspecified atom stereocenters. The number of aliphatic imine (C=N–C) groups is 1. The second kappa shape index (κ2) is 3.00. The van der Waals surface area contributed by atoms with Gasteiger partial charge in [-0.05, 0) is 31.9 Å². The zero-order chi connectivity index (χ0) is 6.69. The highest BCUT2D eigenvalue weighted by Crippen LogP contribution is 2.20. The molecule has 1 heterocycles. The third-order valence-electron chi connectivity index (χ3n) is 2.21. The van der Waals surface area contributed by atoms with Crippen molar-refractivity contribution in [2.45, 2.75) is 39.2 Å². The fraction of sp³-hybridized carbons (Fsp3) is 0.875. The molecule has 0 fully saturated rings. The summed E-state index contributed by atoms with van der Waals surface area (Å²) in [5.41, 5.74) is 0. The van der Waals surface area contributed by atoms with Crippen molar-refractivity contribution >= 4 is 6.21 Å². The lowest BCUT2D eigenvalue weighted by atomic mass is 9.92. The van der Waals surface area contributed by atoms with Crippen molar-refractivity contribution in [1.82, 2.24) is 0 Å². The van der Waals surface area contributed by atoms with E-state index in [4.69, 9.17) is 0 Å². The molecule has 9 heavy (non-hydrogen) atoms. The zero-order valence-corrected chi connectivity index (χ0v) is 6.30. The molecule has 0 radical (unpaired) electrons. The molecule has 1 aliphatic heterocycles. The predicted molar refractivity (Wildman–Crippen MR) is 41.0 cm³/mol. The number of rotatable bonds is 1. The average molecular weight is 125 g/mol. The SMILES string of the molecule is CCC1CCC=NC1C. The van der Waals surface area contributed by atoms with E-state index in [1.165, 1.54) is 19.3 Å². The molecule has 52 valence electrons. The van der Waals surface area contributed by atoms with E-state index in [9.17, 15) is 0 Å². The second-order valence-electron chi connectivity index (χ2n) is 2.82. The molecule has 1 rings (SSSR count). The maximum atomic E-state index is 4.36. The largest absolute Gasteiger partial charge is 0.294 e. The molecular weight excluding hydrogens is 110 g/mol. The van der Waals surface area contributed by atoms with Crippen LogP contribution in [0.25, 0.3) is 0 Å². The van der Waals surface area contributed by atoms with Gasteiger partial charge in [0.15, 0.2) is 0 Å². The Morgan fingerprint density at radius 2 is 2.44 bits per heavy atom. The Labute approximate surface area is 57.2 Å². The summed E-state index contributed by atoms with van der Waals surface area (Å²) < 4.78 is 0. The zero-order valence-electron chi connectivity index (χ0n) is 6.30. The van der Waals surface area contributed by atoms with Gasteiger partial charge >= 0.3 is 0 Å². The highest BCUT2D eigenvalue weighted by Gasteiger charge is 2.15. The Hall–Kier alpha value is -0.330. The van der Waals surface area contributed by atoms with Crippen LogP contribution in [0.5, 0.6) is 0 Å². The summed E-state index contributed by atoms with van der Waals surface area (Å²) >= 11 is 0. The van der Waals surface area contributed by atoms with Crippen LogP contribution in [-0.2, 0) is 0 Å². The van der Waals surface area contributed by atoms with Crippen LogP contribution in [0.4, 0.5) is 0 Å². The van der Waals surface area contributed by atoms with Crippen LogP contribution in [0.1, 0.15) is 33.1 Å². The van der Waals surface area contributed by atoms with Crippen molar-refractivity contribution in [2.24, 2.45) is 10.9 Å². The van der Waals surface area contributed by atoms with E-state index in [0.29, 0.717) is 6.04 Å². The van der Waals surface area contributed by atoms with E-state index < -0.39 is 0 Å². The van der Waals surface area contributed by atoms with Gasteiger partial charge in [0.2, 0.25) is 0 Å². The van der Waals surface area contributed by atoms with Crippen molar-refractivity contribution in [3.63, 3.8) is 0 Å². The van der Waals surface area contributed by atoms with Gasteiger partial charge in [-0.3, -0.25) is 4.99 Å². The first-order chi connectivity index (χ1) is 4.34. The summed E-state index contributed by atoms with van der Waals surface area (Å²) in [6.07, 6.45) is 5.90. The van der Waals surface area contributed by atoms with E-state index in [0.717, 1.165) is 5.92 Å². The summed E-state index contributed by atoms with van der Waals surface area (Å²) in [5.74, 6) is 0.856. The highest BCUT2D eigenvalue weighted by molar-refractivity contribution is 5.58. The number of hydrogen-bond donors (Lipinski definition) is 0. The molecule has 0 spiro atoms. The van der Waals surface area contributed by atoms with Crippen LogP contribution >= 0.6 is 0 Å². The Bertz CT molecular complexity index is 107. The monoisotopic (exact) mass is 125 g/mol. The van der Waals surface area contributed by atoms with E-state index in [-0.39, 0.29) is 0 Å². The molecule has 1 nitrogen and oxygen atoms in total. The molecule has 1 aliphatic rings. The minimum atomic E-state index is 0.587. The summed E-state index contributed by atoms with van der Waals surface area (Å²) in [4.78, 5) is 4.36. The van der Waals surface area contributed by atoms with Crippen LogP contribution in [0.3, 0.4) is 0 Å². The molecule has 1 heteroatoms. The molecule has 2 atom stereocenters. The smallest absolute Gasteiger partial charge is 0.0495 e. The molecule has 0 bridgehead atoms. The lowest BCUT2D eigenvalue weighted by Crippen LogP contribution is -2.18. The minimum Gasteiger partial charge on any atom is -0.294 e. The van der Waals surface area contributed by atoms with E-state index >= 15 is 0 Å². The van der Waals surface area contributed by atoms with Gasteiger partial charge in [-0.2, -0.15) is 0 Å². The lowest BCUT2D eigenvalue weighted by molar-refractivity contribution is 0.397. The lowest BCUT2D eigenvalue weighted by Gasteiger charge is -2.21. The number of hydrogen-bond acceptors (Lipinski definition) is 1. The molecule has 0 N–H and O–H groups in total. The van der Waals surface area contributed by atoms with Gasteiger partial charge < -0.3 is 0 Å². The minimum absolute atomic E-state index is 0.587. The van der Waals surface area contributed by atoms with Gasteiger partial charge in [-0.15, -0.1) is 0 Å². The summed E-state index contributed by atoms with van der Waals surface area (Å²) in [7, 11) is 0. The van der Waals surface area contributed by atoms with Crippen molar-refractivity contribution < 1.29 is 0 Å². The summed E-state index contributed by atoms with van der Waals surface area (Å²) in [5, 5.41) is 0. The fourth-order valence-corrected chi connectivity index (χ4v) is 1.44. The van der Waals surface area contributed by atoms with E-state index in [2.05, 4.69) is 25.1 Å². The Balaban J connectivity index is 2.44. The molecule has 0 aromatic rings. The van der Waals surface area contributed by atoms with E-state index in [1.54, 1.807) is 0 Å². The molecule has 0 saturated carbocycles. The maximum Gasteiger partial charge on any atom is 0.0495 e. The Morgan fingerprint density at radius 1 is 1.67 bits per heavy atom. The Kier molecular flexibility index (Phi) is 2.26. The van der Waals surface area contributed by atoms with Crippen molar-refractivity contribution in [2.75, 3.05) is 0 Å². The molecule has 0 saturated heterocycles. The first-order valence-corrected chi connectivity index (χ1v) is 3.86. The van der Waals surface area contributed by atoms with Crippen molar-refractivity contribution in [3.8, 4) is 0 Å². The normalized spacial score (nSPS) is 34.9. The standard InChI is InChI=1S/C8H15N/c1-3-8-5-4-6-9-7(8)2/h6-8H,3-5H2,1-2H3. The molecular formula is C8H15N. The van der Waals surface area contributed by atoms with E-state index in [1.807, 2.05) is 0 Å². The predicted octanol–water partition coefficient (Wildman–Crippen LogP) is 2.27. The van der Waals surface area contributed by atoms with Gasteiger partial charge in [0.25, 0.3) is 0 Å². The van der Waals surface area contributed by atoms with Gasteiger partial charge in [0, 0.05) is 6.04 Å². The topological polar surface area (TPSA) is 12.4 Å². The third-order valence-corrected chi connectivity index (χ3v) is 2.21. The molecule has 0 aromatic heterocycles. The molecule has 0 aliphatic carbocycles. The third kappa shape index (κ3) is 1.54. The Morgan fingerprint density at radius 3 is 2.89 bits per heavy atom. The summed E-state index contributed by atoms with van der Waals surface area (Å²) in [6.45, 7) is 4.46. The van der Waals surface area contributed by atoms with Crippen LogP contribution in [0.15, 0.2) is 4.99 Å². The summed E-state index contributed by atoms with van der Waals surface area (Å²) in [6, 6.07) is 0.587. The fourth-order valence-electron chi connectivity index (χ4n) is 1.44. The van der Waals surface area contributed by atoms with Gasteiger partial charge in [0.1, 0.15) is 0 Å². The molecule has 0 aromatic carbocycles. The van der Waals surface area contributed by atoms with Gasteiger partial charge in [-0.1, -0.05) is 13.3 Å². The van der Waals surface area contributed by atoms with Crippen molar-refractivity contribution in [3.05, 3.63) is 0 Å². The first-order valence-electron chi connectivity index (χ1n) is 3.86. The molecule has 0 amide bonds. The van der Waals surface area contributed by atoms with Crippen LogP contribution in [0, 0.1) is 5.92 Å². The van der Waals surface area contributed by atoms with Gasteiger partial charge in [-0.25, -0.2) is 0 Å². The maximum absolute atomic E-state index is 4.36. The highest BCUT2D eigenvalue weighted by atomic mass is 14.8. The quantitative estimate of drug-likeness (QED) is 0.509. The average Bonchev–Trinajstić information content (AvgIpc) is 1.89. The van der Waals surface area contributed by atoms with Crippen LogP contribution in [0.2, 0.25) is 0 Å². The van der Waals surface area contributed by atoms with Crippen LogP contribution in [-0.4, -0.2) is 12.3 Å².